The molecule has 0 aliphatic heterocycles. The Balaban J connectivity index is 1.75. The zero-order valence-electron chi connectivity index (χ0n) is 15.9. The molecular weight excluding hydrogens is 408 g/mol. The highest BCUT2D eigenvalue weighted by molar-refractivity contribution is 7.99. The average Bonchev–Trinajstić information content (AvgIpc) is 3.06. The Morgan fingerprint density at radius 1 is 1.29 bits per heavy atom. The fraction of sp³-hybridized carbons (Fsp3) is 0.364. The molecule has 0 saturated carbocycles. The molecule has 1 aliphatic rings. The summed E-state index contributed by atoms with van der Waals surface area (Å²) in [6.07, 6.45) is 7.24. The summed E-state index contributed by atoms with van der Waals surface area (Å²) in [6, 6.07) is 10.3. The van der Waals surface area contributed by atoms with Crippen LogP contribution in [0.15, 0.2) is 51.4 Å². The van der Waals surface area contributed by atoms with Gasteiger partial charge in [-0.05, 0) is 50.2 Å². The lowest BCUT2D eigenvalue weighted by Gasteiger charge is -2.13. The second-order valence-corrected chi connectivity index (χ2v) is 9.75. The maximum absolute atomic E-state index is 13.5. The first-order valence-corrected chi connectivity index (χ1v) is 11.9. The van der Waals surface area contributed by atoms with Crippen molar-refractivity contribution in [3.05, 3.63) is 67.8 Å². The van der Waals surface area contributed by atoms with E-state index in [0.717, 1.165) is 39.7 Å². The highest BCUT2D eigenvalue weighted by Gasteiger charge is 2.22. The van der Waals surface area contributed by atoms with Gasteiger partial charge in [-0.3, -0.25) is 9.36 Å². The van der Waals surface area contributed by atoms with E-state index in [0.29, 0.717) is 12.3 Å². The van der Waals surface area contributed by atoms with Crippen LogP contribution in [-0.4, -0.2) is 15.3 Å². The highest BCUT2D eigenvalue weighted by Crippen LogP contribution is 2.34. The Bertz CT molecular complexity index is 1070. The summed E-state index contributed by atoms with van der Waals surface area (Å²) in [5.74, 6) is 0.712. The van der Waals surface area contributed by atoms with E-state index in [1.807, 2.05) is 35.8 Å². The van der Waals surface area contributed by atoms with Gasteiger partial charge in [0.1, 0.15) is 4.83 Å². The number of halogens is 1. The van der Waals surface area contributed by atoms with Crippen molar-refractivity contribution in [3.63, 3.8) is 0 Å². The molecule has 6 heteroatoms. The number of thiophene rings is 1. The minimum Gasteiger partial charge on any atom is -0.287 e. The van der Waals surface area contributed by atoms with Crippen LogP contribution in [0.25, 0.3) is 10.2 Å². The van der Waals surface area contributed by atoms with Crippen LogP contribution in [0.1, 0.15) is 35.8 Å². The summed E-state index contributed by atoms with van der Waals surface area (Å²) in [5.41, 5.74) is 2.61. The molecule has 146 valence electrons. The molecule has 2 aromatic heterocycles. The molecule has 0 saturated heterocycles. The fourth-order valence-electron chi connectivity index (χ4n) is 3.64. The Morgan fingerprint density at radius 2 is 2.07 bits per heavy atom. The molecule has 0 atom stereocenters. The number of thioether (sulfide) groups is 1. The summed E-state index contributed by atoms with van der Waals surface area (Å²) in [4.78, 5) is 20.7. The van der Waals surface area contributed by atoms with E-state index in [1.165, 1.54) is 28.8 Å². The van der Waals surface area contributed by atoms with Gasteiger partial charge < -0.3 is 0 Å². The molecule has 3 aromatic rings. The van der Waals surface area contributed by atoms with Gasteiger partial charge in [0.05, 0.1) is 5.39 Å². The number of aryl methyl sites for hydroxylation is 3. The first kappa shape index (κ1) is 19.7. The number of aromatic nitrogens is 2. The van der Waals surface area contributed by atoms with Gasteiger partial charge in [-0.25, -0.2) is 4.98 Å². The largest absolute Gasteiger partial charge is 0.287 e. The summed E-state index contributed by atoms with van der Waals surface area (Å²) in [7, 11) is 0. The molecule has 1 aromatic carbocycles. The third-order valence-corrected chi connectivity index (χ3v) is 7.33. The van der Waals surface area contributed by atoms with Gasteiger partial charge in [0.15, 0.2) is 5.16 Å². The van der Waals surface area contributed by atoms with Crippen LogP contribution in [-0.2, 0) is 25.8 Å². The van der Waals surface area contributed by atoms with E-state index < -0.39 is 0 Å². The van der Waals surface area contributed by atoms with Gasteiger partial charge in [-0.1, -0.05) is 59.8 Å². The van der Waals surface area contributed by atoms with Crippen molar-refractivity contribution >= 4 is 44.9 Å². The molecule has 0 spiro atoms. The van der Waals surface area contributed by atoms with Crippen LogP contribution < -0.4 is 5.56 Å². The van der Waals surface area contributed by atoms with E-state index >= 15 is 0 Å². The van der Waals surface area contributed by atoms with Crippen molar-refractivity contribution < 1.29 is 0 Å². The highest BCUT2D eigenvalue weighted by atomic mass is 35.5. The number of allylic oxidation sites excluding steroid dienone is 1. The van der Waals surface area contributed by atoms with Gasteiger partial charge in [0.2, 0.25) is 0 Å². The SMILES string of the molecule is C/C(Cl)=C\CSc1nc2sc3c(c2c(=O)n1CCc1ccccc1)CCCC3. The Morgan fingerprint density at radius 3 is 2.86 bits per heavy atom. The van der Waals surface area contributed by atoms with Crippen LogP contribution in [0, 0.1) is 0 Å². The van der Waals surface area contributed by atoms with E-state index in [-0.39, 0.29) is 5.56 Å². The van der Waals surface area contributed by atoms with Gasteiger partial charge in [0.25, 0.3) is 5.56 Å². The minimum absolute atomic E-state index is 0.120. The van der Waals surface area contributed by atoms with Gasteiger partial charge in [0, 0.05) is 22.2 Å². The molecule has 0 radical (unpaired) electrons. The van der Waals surface area contributed by atoms with Crippen LogP contribution in [0.5, 0.6) is 0 Å². The number of rotatable bonds is 6. The standard InChI is InChI=1S/C22H23ClN2OS2/c1-15(23)12-14-27-22-24-20-19(17-9-5-6-10-18(17)28-20)21(26)25(22)13-11-16-7-3-2-4-8-16/h2-4,7-8,12H,5-6,9-11,13-14H2,1H3/b15-12+. The molecule has 28 heavy (non-hydrogen) atoms. The minimum atomic E-state index is 0.120. The van der Waals surface area contributed by atoms with Crippen molar-refractivity contribution in [2.75, 3.05) is 5.75 Å². The molecule has 2 heterocycles. The lowest BCUT2D eigenvalue weighted by atomic mass is 9.97. The molecular formula is C22H23ClN2OS2. The van der Waals surface area contributed by atoms with E-state index in [1.54, 1.807) is 23.1 Å². The predicted molar refractivity (Wildman–Crippen MR) is 121 cm³/mol. The van der Waals surface area contributed by atoms with E-state index in [4.69, 9.17) is 16.6 Å². The molecule has 0 bridgehead atoms. The van der Waals surface area contributed by atoms with Crippen molar-refractivity contribution in [2.24, 2.45) is 0 Å². The summed E-state index contributed by atoms with van der Waals surface area (Å²) < 4.78 is 1.87. The van der Waals surface area contributed by atoms with Crippen LogP contribution >= 0.6 is 34.7 Å². The number of hydrogen-bond acceptors (Lipinski definition) is 4. The van der Waals surface area contributed by atoms with Crippen molar-refractivity contribution in [1.29, 1.82) is 0 Å². The quantitative estimate of drug-likeness (QED) is 0.365. The van der Waals surface area contributed by atoms with Gasteiger partial charge >= 0.3 is 0 Å². The Labute approximate surface area is 178 Å². The maximum Gasteiger partial charge on any atom is 0.263 e. The zero-order valence-corrected chi connectivity index (χ0v) is 18.3. The molecule has 0 unspecified atom stereocenters. The number of benzene rings is 1. The molecule has 3 nitrogen and oxygen atoms in total. The maximum atomic E-state index is 13.5. The molecule has 1 aliphatic carbocycles. The van der Waals surface area contributed by atoms with E-state index in [2.05, 4.69) is 12.1 Å². The topological polar surface area (TPSA) is 34.9 Å². The smallest absolute Gasteiger partial charge is 0.263 e. The average molecular weight is 431 g/mol. The third kappa shape index (κ3) is 4.22. The first-order valence-electron chi connectivity index (χ1n) is 9.67. The summed E-state index contributed by atoms with van der Waals surface area (Å²) >= 11 is 9.28. The second kappa shape index (κ2) is 8.85. The molecule has 0 N–H and O–H groups in total. The van der Waals surface area contributed by atoms with E-state index in [9.17, 15) is 4.79 Å². The van der Waals surface area contributed by atoms with Gasteiger partial charge in [-0.15, -0.1) is 11.3 Å². The fourth-order valence-corrected chi connectivity index (χ4v) is 6.09. The first-order chi connectivity index (χ1) is 13.6. The third-order valence-electron chi connectivity index (χ3n) is 5.08. The van der Waals surface area contributed by atoms with Crippen molar-refractivity contribution in [3.8, 4) is 0 Å². The molecule has 4 rings (SSSR count). The summed E-state index contributed by atoms with van der Waals surface area (Å²) in [6.45, 7) is 2.51. The normalized spacial score (nSPS) is 14.4. The Hall–Kier alpha value is -1.56. The van der Waals surface area contributed by atoms with Crippen molar-refractivity contribution in [1.82, 2.24) is 9.55 Å². The zero-order chi connectivity index (χ0) is 19.5. The number of fused-ring (bicyclic) bond motifs is 3. The number of hydrogen-bond donors (Lipinski definition) is 0. The van der Waals surface area contributed by atoms with Gasteiger partial charge in [-0.2, -0.15) is 0 Å². The molecule has 0 amide bonds. The molecule has 0 fully saturated rings. The van der Waals surface area contributed by atoms with Crippen LogP contribution in [0.2, 0.25) is 0 Å². The van der Waals surface area contributed by atoms with Crippen LogP contribution in [0.3, 0.4) is 0 Å². The predicted octanol–water partition coefficient (Wildman–Crippen LogP) is 5.81. The van der Waals surface area contributed by atoms with Crippen molar-refractivity contribution in [2.45, 2.75) is 50.7 Å². The summed E-state index contributed by atoms with van der Waals surface area (Å²) in [5, 5.41) is 2.42. The van der Waals surface area contributed by atoms with Crippen LogP contribution in [0.4, 0.5) is 0 Å². The lowest BCUT2D eigenvalue weighted by Crippen LogP contribution is -2.24. The lowest BCUT2D eigenvalue weighted by molar-refractivity contribution is 0.595. The second-order valence-electron chi connectivity index (χ2n) is 7.08. The Kier molecular flexibility index (Phi) is 6.24. The monoisotopic (exact) mass is 430 g/mol. The number of nitrogens with zero attached hydrogens (tertiary/aromatic N) is 2.